The Balaban J connectivity index is 2.32. The number of nitrogens with zero attached hydrogens (tertiary/aromatic N) is 1. The van der Waals surface area contributed by atoms with Gasteiger partial charge in [-0.15, -0.1) is 0 Å². The second-order valence-electron chi connectivity index (χ2n) is 2.10. The third kappa shape index (κ3) is 1.81. The molecule has 0 aromatic rings. The molecule has 1 radical (unpaired) electrons. The second kappa shape index (κ2) is 3.39. The van der Waals surface area contributed by atoms with Gasteiger partial charge in [0.05, 0.1) is 0 Å². The Labute approximate surface area is 64.9 Å². The Morgan fingerprint density at radius 2 is 2.00 bits per heavy atom. The molecule has 0 aromatic carbocycles. The zero-order chi connectivity index (χ0) is 6.69. The molecule has 2 nitrogen and oxygen atoms in total. The standard InChI is InChI=1S/C5H10N2S2/c6-9-5(8)7-3-1-2-4-7/h1-4,6H2/q+1/p+1. The largest absolute Gasteiger partial charge is 0.570 e. The molecule has 0 aromatic heterocycles. The number of quaternary nitrogens is 1. The van der Waals surface area contributed by atoms with Gasteiger partial charge in [-0.2, -0.15) is 0 Å². The highest BCUT2D eigenvalue weighted by Gasteiger charge is 2.24. The molecule has 0 unspecified atom stereocenters. The first kappa shape index (κ1) is 7.31. The van der Waals surface area contributed by atoms with Crippen molar-refractivity contribution < 1.29 is 5.14 Å². The van der Waals surface area contributed by atoms with Crippen LogP contribution in [0.15, 0.2) is 0 Å². The lowest BCUT2D eigenvalue weighted by Crippen LogP contribution is -2.43. The van der Waals surface area contributed by atoms with Crippen molar-refractivity contribution in [3.63, 3.8) is 0 Å². The quantitative estimate of drug-likeness (QED) is 0.300. The first-order valence-electron chi connectivity index (χ1n) is 3.05. The average Bonchev–Trinajstić information content (AvgIpc) is 2.37. The highest BCUT2D eigenvalue weighted by atomic mass is 32.2. The summed E-state index contributed by atoms with van der Waals surface area (Å²) in [5, 5.41) is 3.66. The molecule has 1 rings (SSSR count). The van der Waals surface area contributed by atoms with Gasteiger partial charge >= 0.3 is 16.5 Å². The van der Waals surface area contributed by atoms with Crippen LogP contribution < -0.4 is 5.14 Å². The van der Waals surface area contributed by atoms with Crippen molar-refractivity contribution in [3.8, 4) is 0 Å². The van der Waals surface area contributed by atoms with Crippen molar-refractivity contribution in [1.29, 1.82) is 0 Å². The zero-order valence-electron chi connectivity index (χ0n) is 5.30. The van der Waals surface area contributed by atoms with E-state index >= 15 is 0 Å². The van der Waals surface area contributed by atoms with Crippen LogP contribution in [0.1, 0.15) is 12.8 Å². The highest BCUT2D eigenvalue weighted by Crippen LogP contribution is 2.09. The average molecular weight is 163 g/mol. The Bertz CT molecular complexity index is 110. The van der Waals surface area contributed by atoms with Crippen molar-refractivity contribution in [1.82, 2.24) is 4.90 Å². The minimum absolute atomic E-state index is 0.951. The van der Waals surface area contributed by atoms with E-state index in [1.165, 1.54) is 24.8 Å². The van der Waals surface area contributed by atoms with E-state index in [0.717, 1.165) is 17.4 Å². The third-order valence-electron chi connectivity index (χ3n) is 1.49. The van der Waals surface area contributed by atoms with Crippen LogP contribution in [0.3, 0.4) is 0 Å². The number of hydrogen-bond donors (Lipinski definition) is 1. The predicted octanol–water partition coefficient (Wildman–Crippen LogP) is -0.393. The summed E-state index contributed by atoms with van der Waals surface area (Å²) < 4.78 is 0.951. The Morgan fingerprint density at radius 1 is 1.44 bits per heavy atom. The monoisotopic (exact) mass is 163 g/mol. The lowest BCUT2D eigenvalue weighted by Gasteiger charge is -2.04. The molecule has 1 aliphatic rings. The molecule has 3 N–H and O–H groups in total. The molecule has 0 aliphatic carbocycles. The molecular weight excluding hydrogens is 152 g/mol. The van der Waals surface area contributed by atoms with E-state index in [1.807, 2.05) is 0 Å². The van der Waals surface area contributed by atoms with Crippen molar-refractivity contribution in [3.05, 3.63) is 0 Å². The van der Waals surface area contributed by atoms with E-state index in [4.69, 9.17) is 12.2 Å². The molecule has 1 heterocycles. The topological polar surface area (TPSA) is 30.9 Å². The Morgan fingerprint density at radius 3 is 2.44 bits per heavy atom. The van der Waals surface area contributed by atoms with Gasteiger partial charge in [0.1, 0.15) is 0 Å². The lowest BCUT2D eigenvalue weighted by atomic mass is 10.4. The van der Waals surface area contributed by atoms with Crippen LogP contribution in [0.5, 0.6) is 0 Å². The van der Waals surface area contributed by atoms with Gasteiger partial charge in [-0.05, 0) is 12.8 Å². The predicted molar refractivity (Wildman–Crippen MR) is 43.7 cm³/mol. The van der Waals surface area contributed by atoms with Gasteiger partial charge in [0, 0.05) is 13.1 Å². The summed E-state index contributed by atoms with van der Waals surface area (Å²) in [6, 6.07) is 0. The number of rotatable bonds is 0. The molecule has 0 saturated carbocycles. The molecule has 4 heteroatoms. The van der Waals surface area contributed by atoms with Crippen LogP contribution in [-0.4, -0.2) is 22.3 Å². The Kier molecular flexibility index (Phi) is 2.75. The molecular formula is C5H11N2S2+2. The van der Waals surface area contributed by atoms with E-state index in [-0.39, 0.29) is 0 Å². The molecule has 0 atom stereocenters. The maximum absolute atomic E-state index is 5.04. The molecule has 0 amide bonds. The fourth-order valence-electron chi connectivity index (χ4n) is 0.991. The summed E-state index contributed by atoms with van der Waals surface area (Å²) in [4.78, 5) is 2.22. The summed E-state index contributed by atoms with van der Waals surface area (Å²) in [5.41, 5.74) is 0. The summed E-state index contributed by atoms with van der Waals surface area (Å²) in [6.07, 6.45) is 2.58. The Hall–Kier alpha value is 0.200. The summed E-state index contributed by atoms with van der Waals surface area (Å²) >= 11 is 6.47. The summed E-state index contributed by atoms with van der Waals surface area (Å²) in [7, 11) is 0. The molecule has 1 aliphatic heterocycles. The van der Waals surface area contributed by atoms with Crippen molar-refractivity contribution >= 4 is 28.5 Å². The smallest absolute Gasteiger partial charge is 0.309 e. The van der Waals surface area contributed by atoms with E-state index in [2.05, 4.69) is 10.0 Å². The van der Waals surface area contributed by atoms with Crippen molar-refractivity contribution in [2.24, 2.45) is 0 Å². The van der Waals surface area contributed by atoms with Gasteiger partial charge in [0.15, 0.2) is 11.9 Å². The summed E-state index contributed by atoms with van der Waals surface area (Å²) in [5.74, 6) is 0. The van der Waals surface area contributed by atoms with Crippen LogP contribution >= 0.6 is 11.9 Å². The minimum atomic E-state index is 0.951. The number of thiocarbonyl (C=S) groups is 1. The molecule has 1 fully saturated rings. The minimum Gasteiger partial charge on any atom is -0.309 e. The fourth-order valence-corrected chi connectivity index (χ4v) is 1.54. The number of likely N-dealkylation sites (tertiary alicyclic amines) is 1. The SMILES string of the molecule is [NH3+]SC(=[S+])N1CCCC1. The van der Waals surface area contributed by atoms with Gasteiger partial charge in [0.2, 0.25) is 0 Å². The van der Waals surface area contributed by atoms with E-state index in [0.29, 0.717) is 0 Å². The third-order valence-corrected chi connectivity index (χ3v) is 2.60. The normalized spacial score (nSPS) is 18.6. The van der Waals surface area contributed by atoms with Gasteiger partial charge in [0.25, 0.3) is 0 Å². The van der Waals surface area contributed by atoms with Crippen LogP contribution in [0.2, 0.25) is 0 Å². The molecule has 0 spiro atoms. The highest BCUT2D eigenvalue weighted by molar-refractivity contribution is 8.14. The molecule has 9 heavy (non-hydrogen) atoms. The van der Waals surface area contributed by atoms with Gasteiger partial charge < -0.3 is 4.90 Å². The number of hydrogen-bond acceptors (Lipinski definition) is 2. The zero-order valence-corrected chi connectivity index (χ0v) is 6.93. The van der Waals surface area contributed by atoms with Crippen LogP contribution in [0.25, 0.3) is 0 Å². The van der Waals surface area contributed by atoms with Gasteiger partial charge in [-0.25, -0.2) is 0 Å². The first-order chi connectivity index (χ1) is 4.34. The van der Waals surface area contributed by atoms with Crippen molar-refractivity contribution in [2.45, 2.75) is 12.8 Å². The second-order valence-corrected chi connectivity index (χ2v) is 3.42. The van der Waals surface area contributed by atoms with Crippen LogP contribution in [0, 0.1) is 0 Å². The maximum atomic E-state index is 5.04. The molecule has 1 saturated heterocycles. The van der Waals surface area contributed by atoms with E-state index in [1.54, 1.807) is 0 Å². The fraction of sp³-hybridized carbons (Fsp3) is 0.800. The van der Waals surface area contributed by atoms with E-state index < -0.39 is 0 Å². The van der Waals surface area contributed by atoms with Gasteiger partial charge in [-0.3, -0.25) is 5.14 Å². The van der Waals surface area contributed by atoms with Gasteiger partial charge in [-0.1, -0.05) is 0 Å². The maximum Gasteiger partial charge on any atom is 0.570 e. The lowest BCUT2D eigenvalue weighted by molar-refractivity contribution is -0.133. The van der Waals surface area contributed by atoms with E-state index in [9.17, 15) is 0 Å². The van der Waals surface area contributed by atoms with Crippen LogP contribution in [0.4, 0.5) is 0 Å². The molecule has 51 valence electrons. The van der Waals surface area contributed by atoms with Crippen molar-refractivity contribution in [2.75, 3.05) is 13.1 Å². The summed E-state index contributed by atoms with van der Waals surface area (Å²) in [6.45, 7) is 2.28. The first-order valence-corrected chi connectivity index (χ1v) is 4.45. The van der Waals surface area contributed by atoms with Crippen LogP contribution in [-0.2, 0) is 12.2 Å². The molecule has 0 bridgehead atoms.